The summed E-state index contributed by atoms with van der Waals surface area (Å²) in [7, 11) is 0. The lowest BCUT2D eigenvalue weighted by atomic mass is 9.47. The van der Waals surface area contributed by atoms with Crippen LogP contribution in [0, 0.1) is 5.92 Å². The number of carbonyl (C=O) groups is 2. The highest BCUT2D eigenvalue weighted by Crippen LogP contribution is 2.72. The maximum atomic E-state index is 13.9. The molecule has 2 aromatic carbocycles. The number of guanidine groups is 1. The Bertz CT molecular complexity index is 2550. The van der Waals surface area contributed by atoms with Gasteiger partial charge in [0.05, 0.1) is 33.9 Å². The fourth-order valence-electron chi connectivity index (χ4n) is 13.6. The third-order valence-corrected chi connectivity index (χ3v) is 15.9. The second-order valence-corrected chi connectivity index (χ2v) is 21.6. The van der Waals surface area contributed by atoms with Crippen molar-refractivity contribution in [2.45, 2.75) is 150 Å². The Labute approximate surface area is 359 Å². The van der Waals surface area contributed by atoms with E-state index in [0.29, 0.717) is 43.1 Å². The number of H-pyrrole nitrogens is 1. The van der Waals surface area contributed by atoms with E-state index in [1.165, 1.54) is 12.8 Å². The average Bonchev–Trinajstić information content (AvgIpc) is 3.66. The van der Waals surface area contributed by atoms with Gasteiger partial charge in [-0.2, -0.15) is 0 Å². The number of phenolic OH excluding ortho intramolecular Hbond substituents is 2. The first kappa shape index (κ1) is 38.7. The molecule has 2 spiro atoms. The number of amides is 2. The van der Waals surface area contributed by atoms with Gasteiger partial charge in [-0.15, -0.1) is 4.99 Å². The molecular weight excluding hydrogens is 795 g/mol. The monoisotopic (exact) mass is 849 g/mol. The van der Waals surface area contributed by atoms with Crippen molar-refractivity contribution in [1.82, 2.24) is 20.1 Å². The van der Waals surface area contributed by atoms with Crippen molar-refractivity contribution >= 4 is 18.1 Å². The van der Waals surface area contributed by atoms with Crippen LogP contribution in [0.4, 0.5) is 9.59 Å². The number of aliphatic hydroxyl groups is 2. The molecule has 6 N–H and O–H groups in total. The lowest BCUT2D eigenvalue weighted by Crippen LogP contribution is -2.76. The van der Waals surface area contributed by atoms with Gasteiger partial charge in [0.2, 0.25) is 5.96 Å². The molecule has 5 heterocycles. The van der Waals surface area contributed by atoms with Crippen molar-refractivity contribution < 1.29 is 49.0 Å². The lowest BCUT2D eigenvalue weighted by Gasteiger charge is -2.63. The zero-order valence-corrected chi connectivity index (χ0v) is 36.1. The van der Waals surface area contributed by atoms with Crippen molar-refractivity contribution in [2.75, 3.05) is 19.6 Å². The zero-order valence-electron chi connectivity index (χ0n) is 36.1. The third-order valence-electron chi connectivity index (χ3n) is 15.9. The Morgan fingerprint density at radius 3 is 1.89 bits per heavy atom. The van der Waals surface area contributed by atoms with E-state index in [1.807, 2.05) is 12.1 Å². The van der Waals surface area contributed by atoms with Crippen molar-refractivity contribution in [3.63, 3.8) is 0 Å². The number of aromatic nitrogens is 1. The van der Waals surface area contributed by atoms with Gasteiger partial charge in [0.25, 0.3) is 0 Å². The molecule has 3 aromatic rings. The predicted molar refractivity (Wildman–Crippen MR) is 223 cm³/mol. The Balaban J connectivity index is 1.02. The van der Waals surface area contributed by atoms with Crippen LogP contribution < -0.4 is 14.8 Å². The van der Waals surface area contributed by atoms with E-state index in [-0.39, 0.29) is 42.9 Å². The topological polar surface area (TPSA) is 199 Å². The molecule has 8 atom stereocenters. The van der Waals surface area contributed by atoms with E-state index < -0.39 is 63.7 Å². The number of likely N-dealkylation sites (tertiary alicyclic amines) is 2. The number of aromatic amines is 1. The van der Waals surface area contributed by atoms with Crippen LogP contribution in [0.1, 0.15) is 124 Å². The van der Waals surface area contributed by atoms with Crippen molar-refractivity contribution in [3.05, 3.63) is 69.0 Å². The van der Waals surface area contributed by atoms with Gasteiger partial charge in [-0.3, -0.25) is 10.2 Å². The third kappa shape index (κ3) is 4.84. The second kappa shape index (κ2) is 12.0. The van der Waals surface area contributed by atoms with Gasteiger partial charge in [-0.1, -0.05) is 12.1 Å². The molecule has 1 saturated carbocycles. The molecule has 15 nitrogen and oxygen atoms in total. The molecule has 2 saturated heterocycles. The number of fused-ring (bicyclic) bond motifs is 5. The molecule has 15 heteroatoms. The van der Waals surface area contributed by atoms with Gasteiger partial charge in [0.15, 0.2) is 35.2 Å². The first-order valence-corrected chi connectivity index (χ1v) is 22.3. The largest absolute Gasteiger partial charge is 0.504 e. The van der Waals surface area contributed by atoms with Gasteiger partial charge < -0.3 is 49.3 Å². The summed E-state index contributed by atoms with van der Waals surface area (Å²) in [5, 5.41) is 53.1. The van der Waals surface area contributed by atoms with E-state index in [9.17, 15) is 30.0 Å². The zero-order chi connectivity index (χ0) is 43.3. The highest BCUT2D eigenvalue weighted by molar-refractivity contribution is 5.99. The number of nitrogens with one attached hydrogen (secondary N) is 2. The molecule has 0 radical (unpaired) electrons. The number of phenols is 2. The fraction of sp³-hybridized carbons (Fsp3) is 0.596. The van der Waals surface area contributed by atoms with Crippen LogP contribution >= 0.6 is 0 Å². The van der Waals surface area contributed by atoms with Crippen LogP contribution in [0.25, 0.3) is 0 Å². The Morgan fingerprint density at radius 2 is 1.34 bits per heavy atom. The van der Waals surface area contributed by atoms with E-state index in [0.717, 1.165) is 57.9 Å². The van der Waals surface area contributed by atoms with Crippen LogP contribution in [0.15, 0.2) is 29.3 Å². The average molecular weight is 850 g/mol. The number of carbonyl (C=O) groups excluding carboxylic acids is 2. The number of aromatic hydroxyl groups is 2. The highest BCUT2D eigenvalue weighted by atomic mass is 16.6. The molecule has 5 aliphatic carbocycles. The van der Waals surface area contributed by atoms with Crippen LogP contribution in [0.2, 0.25) is 0 Å². The van der Waals surface area contributed by atoms with Gasteiger partial charge in [0.1, 0.15) is 16.8 Å². The maximum absolute atomic E-state index is 13.9. The molecule has 1 aromatic heterocycles. The lowest BCUT2D eigenvalue weighted by molar-refractivity contribution is -0.174. The van der Waals surface area contributed by atoms with Gasteiger partial charge in [-0.25, -0.2) is 9.59 Å². The summed E-state index contributed by atoms with van der Waals surface area (Å²) in [4.78, 5) is 39.4. The molecule has 2 amide bonds. The van der Waals surface area contributed by atoms with Gasteiger partial charge >= 0.3 is 12.2 Å². The fourth-order valence-corrected chi connectivity index (χ4v) is 13.6. The summed E-state index contributed by atoms with van der Waals surface area (Å²) in [5.74, 6) is 1.33. The maximum Gasteiger partial charge on any atom is 0.437 e. The summed E-state index contributed by atoms with van der Waals surface area (Å²) in [5.41, 5.74) is 0.441. The van der Waals surface area contributed by atoms with Gasteiger partial charge in [0, 0.05) is 43.1 Å². The minimum atomic E-state index is -1.61. The number of piperidine rings is 2. The first-order chi connectivity index (χ1) is 29.3. The minimum absolute atomic E-state index is 0.0197. The number of hydrogen-bond acceptors (Lipinski definition) is 11. The SMILES string of the molecule is CC(C)(C)OC(=O)/N=C(\NC(=O)OC(C)(C)C)N1CC[C@]23c4c5ccc(O)c4O[C@H]2c2[nH]c4c(c2C[C@@]3(O)[C@H]1C5)C[C@@]1(O)[C@H]2Cc3ccc(O)c5c3[C@@]1(CCN2CC1CC1)[C@H]4O5. The number of ether oxygens (including phenoxy) is 4. The number of alkyl carbamates (subject to hydrolysis) is 1. The second-order valence-electron chi connectivity index (χ2n) is 21.6. The van der Waals surface area contributed by atoms with Crippen LogP contribution in [-0.4, -0.2) is 107 Å². The summed E-state index contributed by atoms with van der Waals surface area (Å²) < 4.78 is 25.2. The molecule has 3 fully saturated rings. The van der Waals surface area contributed by atoms with Crippen LogP contribution in [0.3, 0.4) is 0 Å². The number of hydrogen-bond donors (Lipinski definition) is 6. The summed E-state index contributed by atoms with van der Waals surface area (Å²) in [6.07, 6.45) is 1.54. The Morgan fingerprint density at radius 1 is 0.806 bits per heavy atom. The first-order valence-electron chi connectivity index (χ1n) is 22.3. The molecule has 12 rings (SSSR count). The van der Waals surface area contributed by atoms with Crippen molar-refractivity contribution in [3.8, 4) is 23.0 Å². The summed E-state index contributed by atoms with van der Waals surface area (Å²) in [6.45, 7) is 12.4. The molecule has 0 unspecified atom stereocenters. The van der Waals surface area contributed by atoms with Crippen LogP contribution in [0.5, 0.6) is 23.0 Å². The minimum Gasteiger partial charge on any atom is -0.504 e. The summed E-state index contributed by atoms with van der Waals surface area (Å²) in [6, 6.07) is 6.24. The molecule has 4 bridgehead atoms. The van der Waals surface area contributed by atoms with Gasteiger partial charge in [-0.05, 0) is 127 Å². The van der Waals surface area contributed by atoms with E-state index in [1.54, 1.807) is 58.6 Å². The normalized spacial score (nSPS) is 34.3. The number of aliphatic imine (C=N–C) groups is 1. The quantitative estimate of drug-likeness (QED) is 0.145. The van der Waals surface area contributed by atoms with Crippen LogP contribution in [-0.2, 0) is 46.0 Å². The molecule has 9 aliphatic rings. The van der Waals surface area contributed by atoms with E-state index in [4.69, 9.17) is 18.9 Å². The standard InChI is InChI=1S/C47H55N5O10/c1-42(2,3)61-40(55)49-39(50-41(56)62-43(4,5)6)52-16-14-45-32-24-10-12-28(54)36(32)60-38(45)34-26(20-47(45,58)30(52)18-24)25-19-46(57)29-17-23-9-11-27(53)35-31(23)44(46,37(59-35)33(25)48-34)13-15-51(29)21-22-7-8-22/h9-12,22,29-30,37-38,48,53-54,57-58H,7-8,13-21H2,1-6H3,(H,49,50,55,56)/t29-,30-,37+,38+,44+,45+,46-,47-/m1/s1. The molecule has 62 heavy (non-hydrogen) atoms. The number of rotatable bonds is 2. The molecular formula is C47H55N5O10. The highest BCUT2D eigenvalue weighted by Gasteiger charge is 2.76. The van der Waals surface area contributed by atoms with E-state index in [2.05, 4.69) is 20.2 Å². The van der Waals surface area contributed by atoms with Crippen molar-refractivity contribution in [1.29, 1.82) is 0 Å². The Hall–Kier alpha value is -4.99. The molecule has 4 aliphatic heterocycles. The number of benzene rings is 2. The Kier molecular flexibility index (Phi) is 7.46. The molecule has 328 valence electrons. The number of nitrogens with zero attached hydrogens (tertiary/aromatic N) is 3. The predicted octanol–water partition coefficient (Wildman–Crippen LogP) is 5.23. The van der Waals surface area contributed by atoms with Crippen molar-refractivity contribution in [2.24, 2.45) is 10.9 Å². The van der Waals surface area contributed by atoms with E-state index >= 15 is 0 Å². The summed E-state index contributed by atoms with van der Waals surface area (Å²) >= 11 is 0. The smallest absolute Gasteiger partial charge is 0.437 e.